The molecule has 0 aromatic heterocycles. The molecule has 0 amide bonds. The van der Waals surface area contributed by atoms with Crippen molar-refractivity contribution >= 4 is 10.2 Å². The summed E-state index contributed by atoms with van der Waals surface area (Å²) < 4.78 is 29.3. The quantitative estimate of drug-likeness (QED) is 0.813. The molecule has 2 aliphatic rings. The monoisotopic (exact) mass is 317 g/mol. The first-order valence-electron chi connectivity index (χ1n) is 8.51. The van der Waals surface area contributed by atoms with Crippen molar-refractivity contribution < 1.29 is 8.42 Å². The van der Waals surface area contributed by atoms with Gasteiger partial charge in [0.25, 0.3) is 10.2 Å². The average molecular weight is 317 g/mol. The van der Waals surface area contributed by atoms with Gasteiger partial charge in [-0.15, -0.1) is 0 Å². The predicted molar refractivity (Wildman–Crippen MR) is 86.4 cm³/mol. The Kier molecular flexibility index (Phi) is 6.47. The third kappa shape index (κ3) is 4.18. The molecule has 1 aliphatic heterocycles. The molecule has 1 saturated carbocycles. The molecule has 0 aromatic rings. The minimum absolute atomic E-state index is 0.226. The van der Waals surface area contributed by atoms with Gasteiger partial charge in [0.15, 0.2) is 0 Å². The van der Waals surface area contributed by atoms with Crippen LogP contribution < -0.4 is 5.32 Å². The van der Waals surface area contributed by atoms with E-state index in [2.05, 4.69) is 5.32 Å². The molecule has 0 atom stereocenters. The Bertz CT molecular complexity index is 399. The Balaban J connectivity index is 1.99. The Morgan fingerprint density at radius 2 is 1.71 bits per heavy atom. The van der Waals surface area contributed by atoms with Crippen molar-refractivity contribution in [2.24, 2.45) is 5.92 Å². The van der Waals surface area contributed by atoms with E-state index < -0.39 is 10.2 Å². The van der Waals surface area contributed by atoms with Crippen LogP contribution in [0.25, 0.3) is 0 Å². The molecule has 0 spiro atoms. The summed E-state index contributed by atoms with van der Waals surface area (Å²) in [4.78, 5) is 0. The zero-order valence-corrected chi connectivity index (χ0v) is 14.4. The normalized spacial score (nSPS) is 23.8. The van der Waals surface area contributed by atoms with E-state index >= 15 is 0 Å². The topological polar surface area (TPSA) is 52.7 Å². The lowest BCUT2D eigenvalue weighted by atomic mass is 9.95. The van der Waals surface area contributed by atoms with Crippen LogP contribution in [0, 0.1) is 5.92 Å². The molecule has 0 aromatic carbocycles. The third-order valence-electron chi connectivity index (χ3n) is 4.98. The maximum atomic E-state index is 12.9. The van der Waals surface area contributed by atoms with E-state index in [4.69, 9.17) is 0 Å². The lowest BCUT2D eigenvalue weighted by Crippen LogP contribution is -2.51. The fourth-order valence-electron chi connectivity index (χ4n) is 3.76. The van der Waals surface area contributed by atoms with Crippen molar-refractivity contribution in [2.45, 2.75) is 57.9 Å². The molecule has 0 bridgehead atoms. The van der Waals surface area contributed by atoms with Gasteiger partial charge in [-0.05, 0) is 45.2 Å². The van der Waals surface area contributed by atoms with Crippen LogP contribution in [0.15, 0.2) is 0 Å². The van der Waals surface area contributed by atoms with Gasteiger partial charge in [-0.1, -0.05) is 26.2 Å². The summed E-state index contributed by atoms with van der Waals surface area (Å²) in [6.45, 7) is 4.92. The smallest absolute Gasteiger partial charge is 0.282 e. The highest BCUT2D eigenvalue weighted by Crippen LogP contribution is 2.28. The Morgan fingerprint density at radius 1 is 1.10 bits per heavy atom. The van der Waals surface area contributed by atoms with Gasteiger partial charge < -0.3 is 5.32 Å². The van der Waals surface area contributed by atoms with E-state index in [9.17, 15) is 8.42 Å². The first-order valence-corrected chi connectivity index (χ1v) is 9.90. The van der Waals surface area contributed by atoms with Crippen LogP contribution in [0.4, 0.5) is 0 Å². The third-order valence-corrected chi connectivity index (χ3v) is 7.15. The Hall–Kier alpha value is -0.170. The molecule has 6 heteroatoms. The highest BCUT2D eigenvalue weighted by atomic mass is 32.2. The van der Waals surface area contributed by atoms with Crippen molar-refractivity contribution in [3.05, 3.63) is 0 Å². The van der Waals surface area contributed by atoms with E-state index in [-0.39, 0.29) is 6.04 Å². The first kappa shape index (κ1) is 17.2. The number of nitrogens with one attached hydrogen (secondary N) is 1. The SMILES string of the molecule is CCN(C1CCCCC1)S(=O)(=O)N1CCC(CNC)CC1. The molecule has 2 fully saturated rings. The van der Waals surface area contributed by atoms with Gasteiger partial charge in [0, 0.05) is 25.7 Å². The predicted octanol–water partition coefficient (Wildman–Crippen LogP) is 1.82. The fraction of sp³-hybridized carbons (Fsp3) is 1.00. The van der Waals surface area contributed by atoms with E-state index in [1.807, 2.05) is 14.0 Å². The molecule has 1 saturated heterocycles. The Morgan fingerprint density at radius 3 is 2.24 bits per heavy atom. The van der Waals surface area contributed by atoms with Crippen LogP contribution in [0.5, 0.6) is 0 Å². The zero-order valence-electron chi connectivity index (χ0n) is 13.6. The number of rotatable bonds is 6. The summed E-state index contributed by atoms with van der Waals surface area (Å²) in [5.41, 5.74) is 0. The maximum Gasteiger partial charge on any atom is 0.282 e. The lowest BCUT2D eigenvalue weighted by molar-refractivity contribution is 0.217. The Labute approximate surface area is 130 Å². The number of hydrogen-bond donors (Lipinski definition) is 1. The largest absolute Gasteiger partial charge is 0.319 e. The van der Waals surface area contributed by atoms with Gasteiger partial charge in [-0.25, -0.2) is 0 Å². The lowest BCUT2D eigenvalue weighted by Gasteiger charge is -2.38. The van der Waals surface area contributed by atoms with E-state index in [1.165, 1.54) is 19.3 Å². The van der Waals surface area contributed by atoms with Gasteiger partial charge >= 0.3 is 0 Å². The van der Waals surface area contributed by atoms with Crippen LogP contribution in [0.3, 0.4) is 0 Å². The molecule has 0 radical (unpaired) electrons. The van der Waals surface area contributed by atoms with Crippen molar-refractivity contribution in [3.63, 3.8) is 0 Å². The van der Waals surface area contributed by atoms with Crippen molar-refractivity contribution in [1.82, 2.24) is 13.9 Å². The fourth-order valence-corrected chi connectivity index (χ4v) is 5.64. The molecular formula is C15H31N3O2S. The molecule has 1 N–H and O–H groups in total. The van der Waals surface area contributed by atoms with Crippen LogP contribution in [0.1, 0.15) is 51.9 Å². The van der Waals surface area contributed by atoms with Gasteiger partial charge in [0.1, 0.15) is 0 Å². The molecule has 0 unspecified atom stereocenters. The molecule has 21 heavy (non-hydrogen) atoms. The first-order chi connectivity index (χ1) is 10.1. The second-order valence-electron chi connectivity index (χ2n) is 6.40. The molecular weight excluding hydrogens is 286 g/mol. The van der Waals surface area contributed by atoms with Crippen molar-refractivity contribution in [3.8, 4) is 0 Å². The zero-order chi connectivity index (χ0) is 15.3. The van der Waals surface area contributed by atoms with Gasteiger partial charge in [0.2, 0.25) is 0 Å². The minimum Gasteiger partial charge on any atom is -0.319 e. The van der Waals surface area contributed by atoms with E-state index in [1.54, 1.807) is 8.61 Å². The maximum absolute atomic E-state index is 12.9. The summed E-state index contributed by atoms with van der Waals surface area (Å²) >= 11 is 0. The van der Waals surface area contributed by atoms with Crippen molar-refractivity contribution in [1.29, 1.82) is 0 Å². The average Bonchev–Trinajstić information content (AvgIpc) is 2.50. The molecule has 5 nitrogen and oxygen atoms in total. The molecule has 2 rings (SSSR count). The standard InChI is InChI=1S/C15H31N3O2S/c1-3-18(15-7-5-4-6-8-15)21(19,20)17-11-9-14(10-12-17)13-16-2/h14-16H,3-13H2,1-2H3. The molecule has 1 aliphatic carbocycles. The summed E-state index contributed by atoms with van der Waals surface area (Å²) in [5, 5.41) is 3.20. The van der Waals surface area contributed by atoms with Gasteiger partial charge in [-0.3, -0.25) is 0 Å². The van der Waals surface area contributed by atoms with Crippen LogP contribution in [-0.4, -0.2) is 56.3 Å². The molecule has 124 valence electrons. The minimum atomic E-state index is -3.27. The van der Waals surface area contributed by atoms with E-state index in [0.29, 0.717) is 25.6 Å². The number of nitrogens with zero attached hydrogens (tertiary/aromatic N) is 2. The van der Waals surface area contributed by atoms with Crippen LogP contribution in [0.2, 0.25) is 0 Å². The highest BCUT2D eigenvalue weighted by Gasteiger charge is 2.36. The second-order valence-corrected chi connectivity index (χ2v) is 8.28. The summed E-state index contributed by atoms with van der Waals surface area (Å²) in [5.74, 6) is 0.617. The number of hydrogen-bond acceptors (Lipinski definition) is 3. The van der Waals surface area contributed by atoms with E-state index in [0.717, 1.165) is 32.2 Å². The highest BCUT2D eigenvalue weighted by molar-refractivity contribution is 7.86. The van der Waals surface area contributed by atoms with Gasteiger partial charge in [-0.2, -0.15) is 17.0 Å². The second kappa shape index (κ2) is 7.90. The van der Waals surface area contributed by atoms with Crippen molar-refractivity contribution in [2.75, 3.05) is 33.2 Å². The molecule has 1 heterocycles. The summed E-state index contributed by atoms with van der Waals surface area (Å²) in [6.07, 6.45) is 7.60. The van der Waals surface area contributed by atoms with Crippen LogP contribution in [-0.2, 0) is 10.2 Å². The van der Waals surface area contributed by atoms with Crippen LogP contribution >= 0.6 is 0 Å². The number of piperidine rings is 1. The van der Waals surface area contributed by atoms with Gasteiger partial charge in [0.05, 0.1) is 0 Å². The summed E-state index contributed by atoms with van der Waals surface area (Å²) in [7, 11) is -1.30. The summed E-state index contributed by atoms with van der Waals surface area (Å²) in [6, 6.07) is 0.226.